The Hall–Kier alpha value is -3.28. The Morgan fingerprint density at radius 3 is 2.55 bits per heavy atom. The zero-order valence-electron chi connectivity index (χ0n) is 19.9. The number of halogens is 3. The zero-order valence-corrected chi connectivity index (χ0v) is 24.7. The number of hydrogen-bond donors (Lipinski definition) is 0. The molecule has 0 unspecified atom stereocenters. The molecule has 0 aliphatic carbocycles. The molecule has 0 fully saturated rings. The first-order chi connectivity index (χ1) is 18.2. The van der Waals surface area contributed by atoms with Crippen LogP contribution in [0.4, 0.5) is 0 Å². The van der Waals surface area contributed by atoms with Gasteiger partial charge in [0.05, 0.1) is 33.2 Å². The van der Waals surface area contributed by atoms with Gasteiger partial charge in [-0.15, -0.1) is 0 Å². The predicted molar refractivity (Wildman–Crippen MR) is 156 cm³/mol. The molecule has 0 radical (unpaired) electrons. The maximum atomic E-state index is 13.5. The molecular weight excluding hydrogens is 686 g/mol. The van der Waals surface area contributed by atoms with Crippen LogP contribution in [0.2, 0.25) is 0 Å². The summed E-state index contributed by atoms with van der Waals surface area (Å²) < 4.78 is 19.8. The summed E-state index contributed by atoms with van der Waals surface area (Å²) in [6.45, 7) is 1.59. The Morgan fingerprint density at radius 2 is 1.82 bits per heavy atom. The predicted octanol–water partition coefficient (Wildman–Crippen LogP) is 6.92. The second kappa shape index (κ2) is 10.8. The number of nitrogens with zero attached hydrogens (tertiary/aromatic N) is 3. The van der Waals surface area contributed by atoms with Crippen molar-refractivity contribution in [1.29, 1.82) is 0 Å². The van der Waals surface area contributed by atoms with Gasteiger partial charge in [0, 0.05) is 9.86 Å². The number of esters is 1. The summed E-state index contributed by atoms with van der Waals surface area (Å²) in [6, 6.07) is 18.1. The van der Waals surface area contributed by atoms with Gasteiger partial charge in [0.25, 0.3) is 5.56 Å². The van der Waals surface area contributed by atoms with Crippen LogP contribution in [-0.4, -0.2) is 35.1 Å². The molecule has 2 aromatic heterocycles. The van der Waals surface area contributed by atoms with Crippen molar-refractivity contribution in [2.45, 2.75) is 13.0 Å². The number of carbonyl (C=O) groups excluding carboxylic acids is 1. The number of fused-ring (bicyclic) bond motifs is 2. The van der Waals surface area contributed by atoms with Crippen LogP contribution in [0.3, 0.4) is 0 Å². The molecule has 5 rings (SSSR count). The van der Waals surface area contributed by atoms with Crippen LogP contribution in [-0.2, 0) is 9.53 Å². The summed E-state index contributed by atoms with van der Waals surface area (Å²) in [5.41, 5.74) is 1.51. The van der Waals surface area contributed by atoms with E-state index in [1.165, 1.54) is 18.0 Å². The van der Waals surface area contributed by atoms with Crippen LogP contribution < -0.4 is 10.3 Å². The monoisotopic (exact) mass is 701 g/mol. The van der Waals surface area contributed by atoms with Gasteiger partial charge in [0.15, 0.2) is 11.9 Å². The Balaban J connectivity index is 1.59. The number of methoxy groups -OCH3 is 1. The Labute approximate surface area is 241 Å². The summed E-state index contributed by atoms with van der Waals surface area (Å²) >= 11 is 10.4. The van der Waals surface area contributed by atoms with Crippen molar-refractivity contribution in [2.75, 3.05) is 7.11 Å². The van der Waals surface area contributed by atoms with E-state index in [-0.39, 0.29) is 11.4 Å². The molecule has 3 aromatic carbocycles. The lowest BCUT2D eigenvalue weighted by molar-refractivity contribution is -0.147. The summed E-state index contributed by atoms with van der Waals surface area (Å²) in [5, 5.41) is 5.78. The van der Waals surface area contributed by atoms with Gasteiger partial charge in [-0.3, -0.25) is 4.79 Å². The van der Waals surface area contributed by atoms with Crippen molar-refractivity contribution in [3.05, 3.63) is 90.0 Å². The maximum absolute atomic E-state index is 13.5. The second-order valence-corrected chi connectivity index (χ2v) is 10.8. The third kappa shape index (κ3) is 5.18. The molecule has 38 heavy (non-hydrogen) atoms. The highest BCUT2D eigenvalue weighted by molar-refractivity contribution is 9.11. The molecule has 0 aliphatic rings. The zero-order chi connectivity index (χ0) is 27.0. The molecule has 11 heteroatoms. The largest absolute Gasteiger partial charge is 0.477 e. The normalized spacial score (nSPS) is 12.3. The number of aromatic nitrogens is 2. The third-order valence-electron chi connectivity index (χ3n) is 5.62. The molecule has 0 saturated heterocycles. The molecule has 0 bridgehead atoms. The first-order valence-electron chi connectivity index (χ1n) is 11.2. The molecule has 0 saturated carbocycles. The Bertz CT molecular complexity index is 1770. The molecule has 0 spiro atoms. The molecule has 192 valence electrons. The fourth-order valence-corrected chi connectivity index (χ4v) is 5.58. The van der Waals surface area contributed by atoms with Crippen LogP contribution >= 0.6 is 47.8 Å². The van der Waals surface area contributed by atoms with E-state index >= 15 is 0 Å². The first kappa shape index (κ1) is 26.3. The van der Waals surface area contributed by atoms with Crippen LogP contribution in [0.1, 0.15) is 12.5 Å². The van der Waals surface area contributed by atoms with E-state index in [9.17, 15) is 9.59 Å². The van der Waals surface area contributed by atoms with E-state index in [4.69, 9.17) is 18.9 Å². The minimum absolute atomic E-state index is 0.266. The summed E-state index contributed by atoms with van der Waals surface area (Å²) in [7, 11) is 1.30. The Kier molecular flexibility index (Phi) is 7.51. The maximum Gasteiger partial charge on any atom is 0.346 e. The molecule has 8 nitrogen and oxygen atoms in total. The average Bonchev–Trinajstić information content (AvgIpc) is 3.32. The molecule has 0 aliphatic heterocycles. The standard InChI is InChI=1S/C27H18Br3N3O5/c1-14(27(35)36-2)37-24-19(29)9-15(10-20(24)30)13-31-33-25(32-21-6-4-3-5-18(21)26(33)34)23-12-16-11-17(28)7-8-22(16)38-23/h3-14H,1-2H3/t14-/m1/s1. The second-order valence-electron chi connectivity index (χ2n) is 8.20. The fourth-order valence-electron chi connectivity index (χ4n) is 3.80. The number of furan rings is 1. The highest BCUT2D eigenvalue weighted by atomic mass is 79.9. The lowest BCUT2D eigenvalue weighted by atomic mass is 10.2. The van der Waals surface area contributed by atoms with Gasteiger partial charge < -0.3 is 13.9 Å². The highest BCUT2D eigenvalue weighted by Gasteiger charge is 2.19. The molecule has 0 amide bonds. The van der Waals surface area contributed by atoms with Crippen molar-refractivity contribution >= 4 is 81.8 Å². The van der Waals surface area contributed by atoms with Crippen molar-refractivity contribution in [1.82, 2.24) is 9.66 Å². The van der Waals surface area contributed by atoms with E-state index in [1.54, 1.807) is 37.3 Å². The first-order valence-corrected chi connectivity index (χ1v) is 13.6. The number of rotatable bonds is 6. The van der Waals surface area contributed by atoms with Gasteiger partial charge in [0.1, 0.15) is 11.3 Å². The number of para-hydroxylation sites is 1. The van der Waals surface area contributed by atoms with Crippen molar-refractivity contribution in [3.63, 3.8) is 0 Å². The van der Waals surface area contributed by atoms with Crippen LogP contribution in [0, 0.1) is 0 Å². The van der Waals surface area contributed by atoms with Crippen molar-refractivity contribution < 1.29 is 18.7 Å². The van der Waals surface area contributed by atoms with E-state index in [1.807, 2.05) is 30.3 Å². The molecule has 2 heterocycles. The average molecular weight is 704 g/mol. The minimum atomic E-state index is -0.804. The lowest BCUT2D eigenvalue weighted by Crippen LogP contribution is -2.25. The van der Waals surface area contributed by atoms with E-state index in [0.29, 0.717) is 42.5 Å². The molecule has 1 atom stereocenters. The lowest BCUT2D eigenvalue weighted by Gasteiger charge is -2.15. The fraction of sp³-hybridized carbons (Fsp3) is 0.111. The van der Waals surface area contributed by atoms with Gasteiger partial charge in [-0.25, -0.2) is 9.78 Å². The quantitative estimate of drug-likeness (QED) is 0.141. The van der Waals surface area contributed by atoms with Crippen LogP contribution in [0.15, 0.2) is 88.4 Å². The smallest absolute Gasteiger partial charge is 0.346 e. The summed E-state index contributed by atoms with van der Waals surface area (Å²) in [5.74, 6) is 0.602. The van der Waals surface area contributed by atoms with Crippen molar-refractivity contribution in [2.24, 2.45) is 5.10 Å². The van der Waals surface area contributed by atoms with Crippen LogP contribution in [0.25, 0.3) is 33.5 Å². The molecule has 0 N–H and O–H groups in total. The van der Waals surface area contributed by atoms with Gasteiger partial charge >= 0.3 is 5.97 Å². The van der Waals surface area contributed by atoms with Crippen molar-refractivity contribution in [3.8, 4) is 17.3 Å². The highest BCUT2D eigenvalue weighted by Crippen LogP contribution is 2.35. The van der Waals surface area contributed by atoms with Crippen LogP contribution in [0.5, 0.6) is 5.75 Å². The Morgan fingerprint density at radius 1 is 1.08 bits per heavy atom. The van der Waals surface area contributed by atoms with Gasteiger partial charge in [-0.1, -0.05) is 28.1 Å². The van der Waals surface area contributed by atoms with E-state index in [2.05, 4.69) is 52.9 Å². The van der Waals surface area contributed by atoms with E-state index < -0.39 is 12.1 Å². The molecule has 5 aromatic rings. The minimum Gasteiger partial charge on any atom is -0.477 e. The number of ether oxygens (including phenoxy) is 2. The van der Waals surface area contributed by atoms with E-state index in [0.717, 1.165) is 9.86 Å². The topological polar surface area (TPSA) is 95.9 Å². The van der Waals surface area contributed by atoms with Gasteiger partial charge in [-0.2, -0.15) is 9.78 Å². The summed E-state index contributed by atoms with van der Waals surface area (Å²) in [4.78, 5) is 30.0. The number of benzene rings is 3. The van der Waals surface area contributed by atoms with Gasteiger partial charge in [-0.05, 0) is 92.9 Å². The third-order valence-corrected chi connectivity index (χ3v) is 7.29. The SMILES string of the molecule is COC(=O)[C@@H](C)Oc1c(Br)cc(C=Nn2c(-c3cc4cc(Br)ccc4o3)nc3ccccc3c2=O)cc1Br. The number of hydrogen-bond acceptors (Lipinski definition) is 7. The summed E-state index contributed by atoms with van der Waals surface area (Å²) in [6.07, 6.45) is 0.727. The van der Waals surface area contributed by atoms with Gasteiger partial charge in [0.2, 0.25) is 5.82 Å². The number of carbonyl (C=O) groups is 1. The molecular formula is C27H18Br3N3O5.